The lowest BCUT2D eigenvalue weighted by molar-refractivity contribution is -0.145. The number of Topliss-reactive ketones (excluding diaryl/α,β-unsaturated/α-hetero) is 1. The van der Waals surface area contributed by atoms with Crippen LogP contribution in [0, 0.1) is 11.7 Å². The highest BCUT2D eigenvalue weighted by molar-refractivity contribution is 5.89. The van der Waals surface area contributed by atoms with Crippen LogP contribution in [0.5, 0.6) is 0 Å². The zero-order chi connectivity index (χ0) is 23.4. The molecule has 0 N–H and O–H groups in total. The molecule has 33 heavy (non-hydrogen) atoms. The van der Waals surface area contributed by atoms with Crippen LogP contribution in [0.2, 0.25) is 0 Å². The molecule has 2 aromatic rings. The molecule has 2 aliphatic heterocycles. The van der Waals surface area contributed by atoms with Gasteiger partial charge in [0.2, 0.25) is 11.8 Å². The van der Waals surface area contributed by atoms with Gasteiger partial charge in [-0.25, -0.2) is 4.39 Å². The van der Waals surface area contributed by atoms with E-state index in [0.717, 1.165) is 11.1 Å². The van der Waals surface area contributed by atoms with Crippen LogP contribution in [0.1, 0.15) is 43.7 Å². The molecule has 0 aromatic heterocycles. The molecule has 0 aliphatic carbocycles. The van der Waals surface area contributed by atoms with Gasteiger partial charge in [0.15, 0.2) is 0 Å². The predicted octanol–water partition coefficient (Wildman–Crippen LogP) is 3.76. The molecule has 2 aromatic carbocycles. The maximum absolute atomic E-state index is 13.4. The van der Waals surface area contributed by atoms with E-state index in [4.69, 9.17) is 0 Å². The zero-order valence-corrected chi connectivity index (χ0v) is 19.1. The molecule has 4 rings (SSSR count). The number of piperidine rings is 2. The lowest BCUT2D eigenvalue weighted by atomic mass is 9.70. The third-order valence-corrected chi connectivity index (χ3v) is 7.34. The van der Waals surface area contributed by atoms with Gasteiger partial charge in [-0.15, -0.1) is 0 Å². The Morgan fingerprint density at radius 3 is 2.45 bits per heavy atom. The van der Waals surface area contributed by atoms with Crippen LogP contribution in [0.15, 0.2) is 54.6 Å². The summed E-state index contributed by atoms with van der Waals surface area (Å²) < 4.78 is 13.4. The van der Waals surface area contributed by atoms with Crippen molar-refractivity contribution < 1.29 is 18.8 Å². The fourth-order valence-corrected chi connectivity index (χ4v) is 5.26. The van der Waals surface area contributed by atoms with Crippen molar-refractivity contribution in [2.75, 3.05) is 26.2 Å². The van der Waals surface area contributed by atoms with Crippen LogP contribution < -0.4 is 0 Å². The van der Waals surface area contributed by atoms with Crippen molar-refractivity contribution in [3.63, 3.8) is 0 Å². The zero-order valence-electron chi connectivity index (χ0n) is 19.1. The second-order valence-electron chi connectivity index (χ2n) is 9.28. The Morgan fingerprint density at radius 1 is 1.06 bits per heavy atom. The molecule has 2 fully saturated rings. The number of ketones is 1. The SMILES string of the molecule is CC(=O)C1(c2ccccc2)CCN(C(=O)[C@H]2CCC(=O)N(CCc3cccc(F)c3)C2)CC1. The summed E-state index contributed by atoms with van der Waals surface area (Å²) in [5.74, 6) is -0.241. The van der Waals surface area contributed by atoms with Gasteiger partial charge in [0, 0.05) is 32.6 Å². The number of rotatable bonds is 6. The first-order chi connectivity index (χ1) is 15.9. The minimum atomic E-state index is -0.530. The molecule has 0 spiro atoms. The van der Waals surface area contributed by atoms with Crippen molar-refractivity contribution in [3.8, 4) is 0 Å². The monoisotopic (exact) mass is 450 g/mol. The average Bonchev–Trinajstić information content (AvgIpc) is 2.83. The van der Waals surface area contributed by atoms with Crippen molar-refractivity contribution >= 4 is 17.6 Å². The van der Waals surface area contributed by atoms with Crippen molar-refractivity contribution in [1.82, 2.24) is 9.80 Å². The van der Waals surface area contributed by atoms with Crippen LogP contribution in [0.25, 0.3) is 0 Å². The number of likely N-dealkylation sites (tertiary alicyclic amines) is 2. The second kappa shape index (κ2) is 9.86. The number of hydrogen-bond donors (Lipinski definition) is 0. The van der Waals surface area contributed by atoms with Crippen LogP contribution in [-0.4, -0.2) is 53.6 Å². The van der Waals surface area contributed by atoms with Gasteiger partial charge >= 0.3 is 0 Å². The Labute approximate surface area is 194 Å². The van der Waals surface area contributed by atoms with E-state index in [1.807, 2.05) is 41.3 Å². The summed E-state index contributed by atoms with van der Waals surface area (Å²) in [5, 5.41) is 0. The molecule has 0 radical (unpaired) electrons. The molecular formula is C27H31FN2O3. The Morgan fingerprint density at radius 2 is 1.79 bits per heavy atom. The lowest BCUT2D eigenvalue weighted by Gasteiger charge is -2.42. The van der Waals surface area contributed by atoms with Gasteiger partial charge in [0.25, 0.3) is 0 Å². The number of halogens is 1. The van der Waals surface area contributed by atoms with Gasteiger partial charge in [-0.05, 0) is 55.9 Å². The van der Waals surface area contributed by atoms with Crippen molar-refractivity contribution in [3.05, 3.63) is 71.5 Å². The largest absolute Gasteiger partial charge is 0.342 e. The number of hydrogen-bond acceptors (Lipinski definition) is 3. The van der Waals surface area contributed by atoms with E-state index in [1.165, 1.54) is 12.1 Å². The number of nitrogens with zero attached hydrogens (tertiary/aromatic N) is 2. The lowest BCUT2D eigenvalue weighted by Crippen LogP contribution is -2.52. The van der Waals surface area contributed by atoms with Crippen LogP contribution in [-0.2, 0) is 26.2 Å². The molecule has 2 amide bonds. The van der Waals surface area contributed by atoms with Gasteiger partial charge in [0.05, 0.1) is 11.3 Å². The molecule has 0 saturated carbocycles. The van der Waals surface area contributed by atoms with E-state index < -0.39 is 5.41 Å². The second-order valence-corrected chi connectivity index (χ2v) is 9.28. The molecule has 2 aliphatic rings. The molecule has 2 heterocycles. The topological polar surface area (TPSA) is 57.7 Å². The minimum Gasteiger partial charge on any atom is -0.342 e. The smallest absolute Gasteiger partial charge is 0.227 e. The number of carbonyl (C=O) groups is 3. The number of amides is 2. The van der Waals surface area contributed by atoms with Crippen LogP contribution in [0.4, 0.5) is 4.39 Å². The predicted molar refractivity (Wildman–Crippen MR) is 124 cm³/mol. The van der Waals surface area contributed by atoms with E-state index in [1.54, 1.807) is 17.9 Å². The van der Waals surface area contributed by atoms with Gasteiger partial charge in [-0.1, -0.05) is 42.5 Å². The first kappa shape index (κ1) is 23.1. The third-order valence-electron chi connectivity index (χ3n) is 7.34. The Hall–Kier alpha value is -3.02. The summed E-state index contributed by atoms with van der Waals surface area (Å²) in [4.78, 5) is 42.0. The van der Waals surface area contributed by atoms with Crippen molar-refractivity contribution in [2.24, 2.45) is 5.92 Å². The highest BCUT2D eigenvalue weighted by Gasteiger charge is 2.42. The van der Waals surface area contributed by atoms with Crippen molar-refractivity contribution in [2.45, 2.75) is 44.4 Å². The fraction of sp³-hybridized carbons (Fsp3) is 0.444. The maximum atomic E-state index is 13.4. The molecule has 2 saturated heterocycles. The van der Waals surface area contributed by atoms with Crippen LogP contribution >= 0.6 is 0 Å². The molecule has 0 unspecified atom stereocenters. The highest BCUT2D eigenvalue weighted by atomic mass is 19.1. The summed E-state index contributed by atoms with van der Waals surface area (Å²) in [7, 11) is 0. The molecule has 0 bridgehead atoms. The third kappa shape index (κ3) is 5.00. The first-order valence-electron chi connectivity index (χ1n) is 11.8. The molecular weight excluding hydrogens is 419 g/mol. The Kier molecular flexibility index (Phi) is 6.91. The number of carbonyl (C=O) groups excluding carboxylic acids is 3. The summed E-state index contributed by atoms with van der Waals surface area (Å²) in [6, 6.07) is 16.3. The van der Waals surface area contributed by atoms with Gasteiger partial charge in [-0.3, -0.25) is 14.4 Å². The molecule has 1 atom stereocenters. The maximum Gasteiger partial charge on any atom is 0.227 e. The van der Waals surface area contributed by atoms with Crippen LogP contribution in [0.3, 0.4) is 0 Å². The Balaban J connectivity index is 1.37. The summed E-state index contributed by atoms with van der Waals surface area (Å²) in [6.07, 6.45) is 2.71. The minimum absolute atomic E-state index is 0.0498. The van der Waals surface area contributed by atoms with E-state index in [2.05, 4.69) is 0 Å². The molecule has 5 nitrogen and oxygen atoms in total. The van der Waals surface area contributed by atoms with Gasteiger partial charge in [-0.2, -0.15) is 0 Å². The van der Waals surface area contributed by atoms with E-state index in [-0.39, 0.29) is 29.3 Å². The quantitative estimate of drug-likeness (QED) is 0.674. The molecule has 6 heteroatoms. The number of benzene rings is 2. The van der Waals surface area contributed by atoms with Gasteiger partial charge in [0.1, 0.15) is 11.6 Å². The summed E-state index contributed by atoms with van der Waals surface area (Å²) in [5.41, 5.74) is 1.34. The van der Waals surface area contributed by atoms with Gasteiger partial charge < -0.3 is 9.80 Å². The standard InChI is InChI=1S/C27H31FN2O3/c1-20(31)27(23-7-3-2-4-8-23)13-16-29(17-14-27)26(33)22-10-11-25(32)30(19-22)15-12-21-6-5-9-24(28)18-21/h2-9,18,22H,10-17,19H2,1H3/t22-/m0/s1. The fourth-order valence-electron chi connectivity index (χ4n) is 5.26. The highest BCUT2D eigenvalue weighted by Crippen LogP contribution is 2.37. The Bertz CT molecular complexity index is 1020. The van der Waals surface area contributed by atoms with Crippen molar-refractivity contribution in [1.29, 1.82) is 0 Å². The van der Waals surface area contributed by atoms with E-state index in [9.17, 15) is 18.8 Å². The summed E-state index contributed by atoms with van der Waals surface area (Å²) in [6.45, 7) is 3.61. The first-order valence-corrected chi connectivity index (χ1v) is 11.8. The molecule has 174 valence electrons. The van der Waals surface area contributed by atoms with E-state index >= 15 is 0 Å². The summed E-state index contributed by atoms with van der Waals surface area (Å²) >= 11 is 0. The normalized spacial score (nSPS) is 20.5. The van der Waals surface area contributed by atoms with E-state index in [0.29, 0.717) is 58.3 Å². The average molecular weight is 451 g/mol.